The molecule has 3 aromatic carbocycles. The first-order valence-corrected chi connectivity index (χ1v) is 11.1. The van der Waals surface area contributed by atoms with Gasteiger partial charge in [-0.05, 0) is 101 Å². The predicted octanol–water partition coefficient (Wildman–Crippen LogP) is 7.00. The van der Waals surface area contributed by atoms with Crippen molar-refractivity contribution in [3.8, 4) is 23.3 Å². The van der Waals surface area contributed by atoms with Gasteiger partial charge in [0.25, 0.3) is 0 Å². The summed E-state index contributed by atoms with van der Waals surface area (Å²) in [6.07, 6.45) is 1.84. The van der Waals surface area contributed by atoms with E-state index in [1.54, 1.807) is 7.11 Å². The topological polar surface area (TPSA) is 51.5 Å². The standard InChI is InChI=1S/C25H21ClINO3/c1-3-30-24-14-18(12-20(15-28)19-6-10-22(29-2)11-7-19)13-23(27)25(24)31-16-17-4-8-21(26)9-5-17/h4-14H,3,16H2,1-2H3/b20-12+. The predicted molar refractivity (Wildman–Crippen MR) is 133 cm³/mol. The van der Waals surface area contributed by atoms with Crippen molar-refractivity contribution in [1.29, 1.82) is 5.26 Å². The fourth-order valence-electron chi connectivity index (χ4n) is 2.93. The number of halogens is 2. The van der Waals surface area contributed by atoms with Gasteiger partial charge in [0.1, 0.15) is 12.4 Å². The Hall–Kier alpha value is -2.69. The lowest BCUT2D eigenvalue weighted by Crippen LogP contribution is -2.02. The van der Waals surface area contributed by atoms with Crippen LogP contribution in [0.4, 0.5) is 0 Å². The average Bonchev–Trinajstić information content (AvgIpc) is 2.78. The fraction of sp³-hybridized carbons (Fsp3) is 0.160. The number of ether oxygens (including phenoxy) is 3. The summed E-state index contributed by atoms with van der Waals surface area (Å²) in [5.74, 6) is 2.07. The second-order valence-electron chi connectivity index (χ2n) is 6.58. The number of hydrogen-bond donors (Lipinski definition) is 0. The molecule has 0 aliphatic heterocycles. The van der Waals surface area contributed by atoms with E-state index < -0.39 is 0 Å². The van der Waals surface area contributed by atoms with E-state index in [2.05, 4.69) is 28.7 Å². The third kappa shape index (κ3) is 6.16. The van der Waals surface area contributed by atoms with Crippen molar-refractivity contribution in [1.82, 2.24) is 0 Å². The monoisotopic (exact) mass is 545 g/mol. The number of nitriles is 1. The molecule has 3 rings (SSSR count). The lowest BCUT2D eigenvalue weighted by atomic mass is 10.0. The highest BCUT2D eigenvalue weighted by molar-refractivity contribution is 14.1. The van der Waals surface area contributed by atoms with E-state index in [9.17, 15) is 5.26 Å². The van der Waals surface area contributed by atoms with Crippen molar-refractivity contribution in [3.63, 3.8) is 0 Å². The average molecular weight is 546 g/mol. The fourth-order valence-corrected chi connectivity index (χ4v) is 3.83. The molecule has 0 unspecified atom stereocenters. The molecule has 0 amide bonds. The number of hydrogen-bond acceptors (Lipinski definition) is 4. The van der Waals surface area contributed by atoms with Crippen LogP contribution >= 0.6 is 34.2 Å². The number of allylic oxidation sites excluding steroid dienone is 1. The zero-order valence-corrected chi connectivity index (χ0v) is 20.1. The molecule has 0 saturated heterocycles. The molecule has 0 aliphatic carbocycles. The van der Waals surface area contributed by atoms with Crippen LogP contribution in [-0.2, 0) is 6.61 Å². The van der Waals surface area contributed by atoms with Crippen molar-refractivity contribution < 1.29 is 14.2 Å². The summed E-state index contributed by atoms with van der Waals surface area (Å²) < 4.78 is 18.0. The van der Waals surface area contributed by atoms with Crippen molar-refractivity contribution in [2.24, 2.45) is 0 Å². The van der Waals surface area contributed by atoms with E-state index in [0.717, 1.165) is 26.0 Å². The Morgan fingerprint density at radius 2 is 1.77 bits per heavy atom. The SMILES string of the molecule is CCOc1cc(/C=C(\C#N)c2ccc(OC)cc2)cc(I)c1OCc1ccc(Cl)cc1. The summed E-state index contributed by atoms with van der Waals surface area (Å²) in [6.45, 7) is 2.83. The zero-order valence-electron chi connectivity index (χ0n) is 17.2. The summed E-state index contributed by atoms with van der Waals surface area (Å²) in [6, 6.07) is 21.1. The summed E-state index contributed by atoms with van der Waals surface area (Å²) in [5, 5.41) is 10.4. The molecule has 0 bridgehead atoms. The van der Waals surface area contributed by atoms with E-state index >= 15 is 0 Å². The number of benzene rings is 3. The maximum absolute atomic E-state index is 9.68. The minimum atomic E-state index is 0.401. The van der Waals surface area contributed by atoms with Gasteiger partial charge in [0.05, 0.1) is 28.9 Å². The molecule has 158 valence electrons. The van der Waals surface area contributed by atoms with Gasteiger partial charge in [-0.2, -0.15) is 5.26 Å². The Morgan fingerprint density at radius 1 is 1.06 bits per heavy atom. The molecule has 0 atom stereocenters. The third-order valence-corrected chi connectivity index (χ3v) is 5.51. The minimum Gasteiger partial charge on any atom is -0.497 e. The van der Waals surface area contributed by atoms with Crippen LogP contribution in [0.3, 0.4) is 0 Å². The molecule has 0 saturated carbocycles. The van der Waals surface area contributed by atoms with Crippen LogP contribution in [0.25, 0.3) is 11.6 Å². The van der Waals surface area contributed by atoms with E-state index in [1.807, 2.05) is 73.7 Å². The van der Waals surface area contributed by atoms with Gasteiger partial charge >= 0.3 is 0 Å². The van der Waals surface area contributed by atoms with Gasteiger partial charge in [0.2, 0.25) is 0 Å². The molecule has 0 aliphatic rings. The van der Waals surface area contributed by atoms with Crippen LogP contribution in [0, 0.1) is 14.9 Å². The molecule has 0 heterocycles. The molecular weight excluding hydrogens is 525 g/mol. The maximum atomic E-state index is 9.68. The van der Waals surface area contributed by atoms with Gasteiger partial charge in [-0.15, -0.1) is 0 Å². The minimum absolute atomic E-state index is 0.401. The van der Waals surface area contributed by atoms with Crippen LogP contribution < -0.4 is 14.2 Å². The second-order valence-corrected chi connectivity index (χ2v) is 8.18. The summed E-state index contributed by atoms with van der Waals surface area (Å²) in [5.41, 5.74) is 3.24. The molecule has 4 nitrogen and oxygen atoms in total. The summed E-state index contributed by atoms with van der Waals surface area (Å²) in [4.78, 5) is 0. The van der Waals surface area contributed by atoms with Gasteiger partial charge in [-0.25, -0.2) is 0 Å². The van der Waals surface area contributed by atoms with Crippen molar-refractivity contribution >= 4 is 45.8 Å². The Balaban J connectivity index is 1.89. The van der Waals surface area contributed by atoms with Gasteiger partial charge in [-0.1, -0.05) is 23.7 Å². The molecule has 0 aromatic heterocycles. The number of nitrogens with zero attached hydrogens (tertiary/aromatic N) is 1. The van der Waals surface area contributed by atoms with Gasteiger partial charge in [0.15, 0.2) is 11.5 Å². The first kappa shape index (κ1) is 23.0. The highest BCUT2D eigenvalue weighted by Crippen LogP contribution is 2.36. The van der Waals surface area contributed by atoms with E-state index in [-0.39, 0.29) is 0 Å². The molecule has 6 heteroatoms. The molecule has 0 spiro atoms. The molecule has 31 heavy (non-hydrogen) atoms. The van der Waals surface area contributed by atoms with E-state index in [0.29, 0.717) is 35.3 Å². The van der Waals surface area contributed by atoms with Crippen LogP contribution in [0.15, 0.2) is 60.7 Å². The molecule has 0 fully saturated rings. The van der Waals surface area contributed by atoms with Crippen LogP contribution in [0.1, 0.15) is 23.6 Å². The molecule has 0 N–H and O–H groups in total. The lowest BCUT2D eigenvalue weighted by Gasteiger charge is -2.15. The van der Waals surface area contributed by atoms with Crippen molar-refractivity contribution in [3.05, 3.63) is 85.9 Å². The zero-order chi connectivity index (χ0) is 22.2. The van der Waals surface area contributed by atoms with Crippen LogP contribution in [0.2, 0.25) is 5.02 Å². The van der Waals surface area contributed by atoms with Crippen LogP contribution in [0.5, 0.6) is 17.2 Å². The van der Waals surface area contributed by atoms with Gasteiger partial charge in [-0.3, -0.25) is 0 Å². The maximum Gasteiger partial charge on any atom is 0.175 e. The largest absolute Gasteiger partial charge is 0.497 e. The van der Waals surface area contributed by atoms with Crippen molar-refractivity contribution in [2.75, 3.05) is 13.7 Å². The Labute approximate surface area is 201 Å². The molecule has 0 radical (unpaired) electrons. The Kier molecular flexibility index (Phi) is 8.21. The van der Waals surface area contributed by atoms with Crippen LogP contribution in [-0.4, -0.2) is 13.7 Å². The normalized spacial score (nSPS) is 11.0. The summed E-state index contributed by atoms with van der Waals surface area (Å²) >= 11 is 8.18. The Bertz CT molecular complexity index is 1100. The lowest BCUT2D eigenvalue weighted by molar-refractivity contribution is 0.267. The number of methoxy groups -OCH3 is 1. The van der Waals surface area contributed by atoms with Gasteiger partial charge in [0, 0.05) is 5.02 Å². The van der Waals surface area contributed by atoms with Crippen molar-refractivity contribution in [2.45, 2.75) is 13.5 Å². The van der Waals surface area contributed by atoms with Gasteiger partial charge < -0.3 is 14.2 Å². The smallest absolute Gasteiger partial charge is 0.175 e. The first-order valence-electron chi connectivity index (χ1n) is 9.63. The second kappa shape index (κ2) is 11.1. The Morgan fingerprint density at radius 3 is 2.39 bits per heavy atom. The molecule has 3 aromatic rings. The first-order chi connectivity index (χ1) is 15.0. The van der Waals surface area contributed by atoms with E-state index in [1.165, 1.54) is 0 Å². The van der Waals surface area contributed by atoms with E-state index in [4.69, 9.17) is 25.8 Å². The third-order valence-electron chi connectivity index (χ3n) is 4.46. The highest BCUT2D eigenvalue weighted by atomic mass is 127. The molecular formula is C25H21ClINO3. The highest BCUT2D eigenvalue weighted by Gasteiger charge is 2.13. The summed E-state index contributed by atoms with van der Waals surface area (Å²) in [7, 11) is 1.61. The quantitative estimate of drug-likeness (QED) is 0.174. The number of rotatable bonds is 8.